The number of nitrogens with zero attached hydrogens (tertiary/aromatic N) is 1. The normalized spacial score (nSPS) is 23.3. The van der Waals surface area contributed by atoms with Crippen LogP contribution in [0.2, 0.25) is 0 Å². The maximum absolute atomic E-state index is 14.1. The number of anilines is 1. The van der Waals surface area contributed by atoms with Crippen molar-refractivity contribution in [2.24, 2.45) is 17.8 Å². The first-order valence-corrected chi connectivity index (χ1v) is 16.0. The summed E-state index contributed by atoms with van der Waals surface area (Å²) in [7, 11) is -2.81. The monoisotopic (exact) mass is 641 g/mol. The van der Waals surface area contributed by atoms with Gasteiger partial charge in [-0.1, -0.05) is 26.8 Å². The van der Waals surface area contributed by atoms with Crippen molar-refractivity contribution in [3.63, 3.8) is 0 Å². The molecular formula is C30H41F2N3O8S. The minimum atomic E-state index is -4.17. The molecular weight excluding hydrogens is 600 g/mol. The zero-order chi connectivity index (χ0) is 32.2. The fourth-order valence-electron chi connectivity index (χ4n) is 5.75. The van der Waals surface area contributed by atoms with Crippen LogP contribution in [0.15, 0.2) is 41.3 Å². The third kappa shape index (κ3) is 8.16. The van der Waals surface area contributed by atoms with Gasteiger partial charge in [-0.15, -0.1) is 0 Å². The van der Waals surface area contributed by atoms with E-state index in [0.29, 0.717) is 12.3 Å². The highest BCUT2D eigenvalue weighted by Gasteiger charge is 2.44. The molecule has 1 aliphatic carbocycles. The summed E-state index contributed by atoms with van der Waals surface area (Å²) >= 11 is 0. The van der Waals surface area contributed by atoms with Crippen molar-refractivity contribution in [2.75, 3.05) is 32.5 Å². The average molecular weight is 642 g/mol. The van der Waals surface area contributed by atoms with Gasteiger partial charge in [-0.2, -0.15) is 4.31 Å². The van der Waals surface area contributed by atoms with Crippen LogP contribution < -0.4 is 15.8 Å². The molecule has 4 N–H and O–H groups in total. The van der Waals surface area contributed by atoms with E-state index < -0.39 is 58.6 Å². The summed E-state index contributed by atoms with van der Waals surface area (Å²) in [6, 6.07) is 6.14. The van der Waals surface area contributed by atoms with E-state index in [1.165, 1.54) is 31.4 Å². The van der Waals surface area contributed by atoms with Crippen molar-refractivity contribution < 1.29 is 46.3 Å². The largest absolute Gasteiger partial charge is 0.495 e. The number of alkyl carbamates (subject to hydrolysis) is 1. The van der Waals surface area contributed by atoms with Crippen molar-refractivity contribution in [3.05, 3.63) is 53.6 Å². The van der Waals surface area contributed by atoms with Crippen molar-refractivity contribution in [2.45, 2.75) is 69.3 Å². The van der Waals surface area contributed by atoms with Crippen LogP contribution >= 0.6 is 0 Å². The topological polar surface area (TPSA) is 150 Å². The van der Waals surface area contributed by atoms with Gasteiger partial charge < -0.3 is 25.6 Å². The van der Waals surface area contributed by atoms with Crippen LogP contribution in [0, 0.1) is 29.4 Å². The molecule has 4 unspecified atom stereocenters. The molecule has 44 heavy (non-hydrogen) atoms. The summed E-state index contributed by atoms with van der Waals surface area (Å²) in [6.07, 6.45) is -2.12. The predicted molar refractivity (Wildman–Crippen MR) is 157 cm³/mol. The lowest BCUT2D eigenvalue weighted by Gasteiger charge is -2.42. The van der Waals surface area contributed by atoms with Crippen molar-refractivity contribution >= 4 is 21.8 Å². The molecule has 4 rings (SSSR count). The Hall–Kier alpha value is -3.04. The smallest absolute Gasteiger partial charge is 0.407 e. The first-order chi connectivity index (χ1) is 20.8. The second-order valence-corrected chi connectivity index (χ2v) is 14.0. The summed E-state index contributed by atoms with van der Waals surface area (Å²) in [5.74, 6) is -1.83. The van der Waals surface area contributed by atoms with Gasteiger partial charge in [-0.25, -0.2) is 31.8 Å². The first kappa shape index (κ1) is 33.8. The molecule has 1 saturated heterocycles. The zero-order valence-corrected chi connectivity index (χ0v) is 26.1. The number of carbonyl (C=O) groups is 1. The Labute approximate surface area is 256 Å². The standard InChI is InChI=1S/C30H41F2N3O8S/c1-17(2)14-35(44(38,39)21-6-8-24(33)27(13-21)40-4)15-26(36)25(12-19-5-7-22(31)23(32)11-19)34-30(37)42-29-20-9-18(3)10-28(29)43-41-16-20/h5-8,11,13,17-18,20,25-26,28-29,36H,9-10,12,14-16,33H2,1-4H3,(H,34,37)/t18?,20?,25-,26+,28?,29?/m0/s1. The summed E-state index contributed by atoms with van der Waals surface area (Å²) in [6.45, 7) is 5.59. The molecule has 2 fully saturated rings. The maximum Gasteiger partial charge on any atom is 0.407 e. The fraction of sp³-hybridized carbons (Fsp3) is 0.567. The van der Waals surface area contributed by atoms with Crippen molar-refractivity contribution in [1.29, 1.82) is 0 Å². The van der Waals surface area contributed by atoms with Crippen LogP contribution in [0.4, 0.5) is 19.3 Å². The molecule has 6 atom stereocenters. The van der Waals surface area contributed by atoms with Crippen LogP contribution in [-0.4, -0.2) is 75.1 Å². The number of nitrogens with two attached hydrogens (primary N) is 1. The highest BCUT2D eigenvalue weighted by molar-refractivity contribution is 7.89. The highest BCUT2D eigenvalue weighted by atomic mass is 32.2. The summed E-state index contributed by atoms with van der Waals surface area (Å²) < 4.78 is 67.3. The van der Waals surface area contributed by atoms with Crippen LogP contribution in [0.1, 0.15) is 39.2 Å². The van der Waals surface area contributed by atoms with E-state index in [0.717, 1.165) is 22.9 Å². The van der Waals surface area contributed by atoms with E-state index in [2.05, 4.69) is 12.2 Å². The molecule has 0 radical (unpaired) electrons. The molecule has 0 aromatic heterocycles. The summed E-state index contributed by atoms with van der Waals surface area (Å²) in [5.41, 5.74) is 6.40. The molecule has 14 heteroatoms. The maximum atomic E-state index is 14.1. The lowest BCUT2D eigenvalue weighted by molar-refractivity contribution is -0.387. The molecule has 2 bridgehead atoms. The van der Waals surface area contributed by atoms with Crippen molar-refractivity contribution in [1.82, 2.24) is 9.62 Å². The molecule has 1 aliphatic heterocycles. The molecule has 1 saturated carbocycles. The Balaban J connectivity index is 1.58. The molecule has 2 aromatic rings. The second-order valence-electron chi connectivity index (χ2n) is 12.0. The van der Waals surface area contributed by atoms with Crippen LogP contribution in [0.3, 0.4) is 0 Å². The van der Waals surface area contributed by atoms with Crippen molar-refractivity contribution in [3.8, 4) is 5.75 Å². The number of rotatable bonds is 12. The molecule has 0 spiro atoms. The van der Waals surface area contributed by atoms with Crippen LogP contribution in [-0.2, 0) is 31.0 Å². The molecule has 2 aromatic carbocycles. The summed E-state index contributed by atoms with van der Waals surface area (Å²) in [4.78, 5) is 23.7. The van der Waals surface area contributed by atoms with Gasteiger partial charge in [0.05, 0.1) is 36.4 Å². The number of fused-ring (bicyclic) bond motifs is 2. The van der Waals surface area contributed by atoms with Gasteiger partial charge in [0.15, 0.2) is 11.6 Å². The molecule has 244 valence electrons. The number of methoxy groups -OCH3 is 1. The van der Waals surface area contributed by atoms with E-state index in [1.807, 2.05) is 13.8 Å². The summed E-state index contributed by atoms with van der Waals surface area (Å²) in [5, 5.41) is 14.1. The van der Waals surface area contributed by atoms with Gasteiger partial charge >= 0.3 is 6.09 Å². The Morgan fingerprint density at radius 3 is 2.57 bits per heavy atom. The van der Waals surface area contributed by atoms with Crippen LogP contribution in [0.5, 0.6) is 5.75 Å². The van der Waals surface area contributed by atoms with Gasteiger partial charge in [0.25, 0.3) is 0 Å². The molecule has 1 amide bonds. The van der Waals surface area contributed by atoms with E-state index in [-0.39, 0.29) is 53.3 Å². The zero-order valence-electron chi connectivity index (χ0n) is 25.2. The molecule has 1 heterocycles. The Bertz CT molecular complexity index is 1400. The second kappa shape index (κ2) is 14.4. The minimum absolute atomic E-state index is 0.0371. The number of sulfonamides is 1. The van der Waals surface area contributed by atoms with Gasteiger partial charge in [0, 0.05) is 25.1 Å². The third-order valence-corrected chi connectivity index (χ3v) is 9.72. The molecule has 2 aliphatic rings. The predicted octanol–water partition coefficient (Wildman–Crippen LogP) is 3.65. The van der Waals surface area contributed by atoms with Gasteiger partial charge in [0.2, 0.25) is 10.0 Å². The highest BCUT2D eigenvalue weighted by Crippen LogP contribution is 2.36. The van der Waals surface area contributed by atoms with Crippen LogP contribution in [0.25, 0.3) is 0 Å². The van der Waals surface area contributed by atoms with E-state index in [1.54, 1.807) is 0 Å². The number of nitrogen functional groups attached to an aromatic ring is 1. The fourth-order valence-corrected chi connectivity index (χ4v) is 7.39. The quantitative estimate of drug-likeness (QED) is 0.233. The Kier molecular flexibility index (Phi) is 11.1. The average Bonchev–Trinajstić information content (AvgIpc) is 2.94. The number of aliphatic hydroxyl groups excluding tert-OH is 1. The lowest BCUT2D eigenvalue weighted by Crippen LogP contribution is -2.54. The Morgan fingerprint density at radius 1 is 1.16 bits per heavy atom. The van der Waals surface area contributed by atoms with E-state index >= 15 is 0 Å². The van der Waals surface area contributed by atoms with Gasteiger partial charge in [0.1, 0.15) is 18.0 Å². The number of benzene rings is 2. The number of ether oxygens (including phenoxy) is 2. The van der Waals surface area contributed by atoms with E-state index in [9.17, 15) is 27.1 Å². The Morgan fingerprint density at radius 2 is 1.91 bits per heavy atom. The number of hydrogen-bond donors (Lipinski definition) is 3. The molecule has 11 nitrogen and oxygen atoms in total. The van der Waals surface area contributed by atoms with Gasteiger partial charge in [-0.05, 0) is 60.9 Å². The van der Waals surface area contributed by atoms with Gasteiger partial charge in [-0.3, -0.25) is 0 Å². The number of hydrogen-bond acceptors (Lipinski definition) is 9. The number of nitrogens with one attached hydrogen (secondary N) is 1. The lowest BCUT2D eigenvalue weighted by atomic mass is 9.78. The van der Waals surface area contributed by atoms with E-state index in [4.69, 9.17) is 25.0 Å². The number of aliphatic hydroxyl groups is 1. The number of halogens is 2. The minimum Gasteiger partial charge on any atom is -0.495 e. The SMILES string of the molecule is COc1cc(S(=O)(=O)N(CC(C)C)C[C@@H](O)[C@H](Cc2ccc(F)c(F)c2)NC(=O)OC2C3COOC2CC(C)C3)ccc1N. The first-order valence-electron chi connectivity index (χ1n) is 14.6. The number of amides is 1. The number of carbonyl (C=O) groups excluding carboxylic acids is 1. The third-order valence-electron chi connectivity index (χ3n) is 7.90.